The number of thiophene rings is 1. The summed E-state index contributed by atoms with van der Waals surface area (Å²) in [5.74, 6) is 0.151. The molecule has 124 valence electrons. The normalized spacial score (nSPS) is 11.1. The van der Waals surface area contributed by atoms with Gasteiger partial charge in [0.05, 0.1) is 18.6 Å². The number of rotatable bonds is 6. The minimum absolute atomic E-state index is 0.00831. The summed E-state index contributed by atoms with van der Waals surface area (Å²) in [4.78, 5) is 14.1. The fourth-order valence-corrected chi connectivity index (χ4v) is 3.94. The summed E-state index contributed by atoms with van der Waals surface area (Å²) in [6.07, 6.45) is 0. The summed E-state index contributed by atoms with van der Waals surface area (Å²) < 4.78 is 34.4. The van der Waals surface area contributed by atoms with Gasteiger partial charge in [0, 0.05) is 11.6 Å². The third kappa shape index (κ3) is 4.35. The smallest absolute Gasteiger partial charge is 0.266 e. The highest BCUT2D eigenvalue weighted by Crippen LogP contribution is 2.25. The van der Waals surface area contributed by atoms with E-state index in [-0.39, 0.29) is 9.77 Å². The van der Waals surface area contributed by atoms with Gasteiger partial charge in [-0.15, -0.1) is 16.2 Å². The summed E-state index contributed by atoms with van der Waals surface area (Å²) in [5, 5.41) is 0. The Morgan fingerprint density at radius 2 is 1.74 bits per heavy atom. The molecule has 0 fully saturated rings. The molecule has 7 nitrogen and oxygen atoms in total. The van der Waals surface area contributed by atoms with Gasteiger partial charge in [-0.05, 0) is 24.3 Å². The summed E-state index contributed by atoms with van der Waals surface area (Å²) in [5.41, 5.74) is 2.30. The highest BCUT2D eigenvalue weighted by atomic mass is 35.5. The van der Waals surface area contributed by atoms with E-state index in [0.717, 1.165) is 11.3 Å². The van der Waals surface area contributed by atoms with Crippen molar-refractivity contribution in [2.75, 3.05) is 14.2 Å². The van der Waals surface area contributed by atoms with Crippen molar-refractivity contribution in [3.05, 3.63) is 40.2 Å². The molecule has 1 heterocycles. The first-order valence-electron chi connectivity index (χ1n) is 6.16. The maximum absolute atomic E-state index is 12.1. The second-order valence-electron chi connectivity index (χ2n) is 4.22. The molecule has 2 rings (SSSR count). The molecule has 23 heavy (non-hydrogen) atoms. The fourth-order valence-electron chi connectivity index (χ4n) is 1.62. The molecule has 0 spiro atoms. The Hall–Kier alpha value is -1.81. The zero-order valence-electron chi connectivity index (χ0n) is 12.1. The van der Waals surface area contributed by atoms with Gasteiger partial charge >= 0.3 is 0 Å². The van der Waals surface area contributed by atoms with Crippen LogP contribution in [0, 0.1) is 0 Å². The molecule has 0 unspecified atom stereocenters. The maximum Gasteiger partial charge on any atom is 0.266 e. The predicted octanol–water partition coefficient (Wildman–Crippen LogP) is 2.04. The van der Waals surface area contributed by atoms with Crippen LogP contribution >= 0.6 is 22.9 Å². The number of amides is 1. The maximum atomic E-state index is 12.1. The number of nitrogens with one attached hydrogen (secondary N) is 2. The monoisotopic (exact) mass is 376 g/mol. The van der Waals surface area contributed by atoms with Crippen LogP contribution in [0.2, 0.25) is 4.34 Å². The average Bonchev–Trinajstić information content (AvgIpc) is 2.99. The molecular weight excluding hydrogens is 364 g/mol. The Kier molecular flexibility index (Phi) is 5.47. The molecule has 1 aromatic carbocycles. The van der Waals surface area contributed by atoms with Gasteiger partial charge in [-0.1, -0.05) is 11.6 Å². The van der Waals surface area contributed by atoms with Crippen molar-refractivity contribution in [2.45, 2.75) is 4.21 Å². The van der Waals surface area contributed by atoms with Gasteiger partial charge in [0.1, 0.15) is 15.7 Å². The predicted molar refractivity (Wildman–Crippen MR) is 86.7 cm³/mol. The minimum Gasteiger partial charge on any atom is -0.497 e. The van der Waals surface area contributed by atoms with Crippen molar-refractivity contribution in [1.29, 1.82) is 0 Å². The van der Waals surface area contributed by atoms with E-state index in [1.54, 1.807) is 6.07 Å². The van der Waals surface area contributed by atoms with E-state index >= 15 is 0 Å². The fraction of sp³-hybridized carbons (Fsp3) is 0.154. The van der Waals surface area contributed by atoms with Gasteiger partial charge in [-0.3, -0.25) is 10.2 Å². The number of ether oxygens (including phenoxy) is 2. The first kappa shape index (κ1) is 17.5. The van der Waals surface area contributed by atoms with Gasteiger partial charge in [-0.25, -0.2) is 8.42 Å². The molecule has 0 radical (unpaired) electrons. The highest BCUT2D eigenvalue weighted by Gasteiger charge is 2.18. The van der Waals surface area contributed by atoms with Crippen molar-refractivity contribution >= 4 is 38.9 Å². The summed E-state index contributed by atoms with van der Waals surface area (Å²) >= 11 is 6.58. The van der Waals surface area contributed by atoms with Crippen LogP contribution in [-0.2, 0) is 10.0 Å². The third-order valence-electron chi connectivity index (χ3n) is 2.73. The lowest BCUT2D eigenvalue weighted by Crippen LogP contribution is -2.41. The molecule has 0 atom stereocenters. The number of carbonyl (C=O) groups excluding carboxylic acids is 1. The molecule has 2 N–H and O–H groups in total. The molecule has 0 saturated carbocycles. The summed E-state index contributed by atoms with van der Waals surface area (Å²) in [6.45, 7) is 0. The summed E-state index contributed by atoms with van der Waals surface area (Å²) in [7, 11) is -0.996. The largest absolute Gasteiger partial charge is 0.497 e. The van der Waals surface area contributed by atoms with Crippen molar-refractivity contribution in [3.63, 3.8) is 0 Å². The average molecular weight is 377 g/mol. The van der Waals surface area contributed by atoms with Crippen molar-refractivity contribution in [1.82, 2.24) is 10.3 Å². The van der Waals surface area contributed by atoms with Crippen LogP contribution < -0.4 is 19.7 Å². The second-order valence-corrected chi connectivity index (χ2v) is 7.84. The van der Waals surface area contributed by atoms with Crippen LogP contribution in [-0.4, -0.2) is 28.5 Å². The zero-order valence-corrected chi connectivity index (χ0v) is 14.5. The third-order valence-corrected chi connectivity index (χ3v) is 5.70. The van der Waals surface area contributed by atoms with E-state index in [2.05, 4.69) is 5.43 Å². The lowest BCUT2D eigenvalue weighted by atomic mass is 10.2. The number of halogens is 1. The lowest BCUT2D eigenvalue weighted by molar-refractivity contribution is 0.0944. The molecule has 0 aliphatic heterocycles. The quantitative estimate of drug-likeness (QED) is 0.752. The van der Waals surface area contributed by atoms with Gasteiger partial charge < -0.3 is 9.47 Å². The number of hydrazine groups is 1. The van der Waals surface area contributed by atoms with Crippen LogP contribution in [0.4, 0.5) is 0 Å². The van der Waals surface area contributed by atoms with E-state index in [4.69, 9.17) is 21.1 Å². The van der Waals surface area contributed by atoms with E-state index in [0.29, 0.717) is 15.8 Å². The molecule has 0 aliphatic rings. The Balaban J connectivity index is 2.13. The van der Waals surface area contributed by atoms with Crippen LogP contribution in [0.15, 0.2) is 34.5 Å². The first-order chi connectivity index (χ1) is 10.9. The molecule has 0 saturated heterocycles. The van der Waals surface area contributed by atoms with Crippen molar-refractivity contribution < 1.29 is 22.7 Å². The van der Waals surface area contributed by atoms with Gasteiger partial charge in [0.25, 0.3) is 15.9 Å². The van der Waals surface area contributed by atoms with Crippen molar-refractivity contribution in [2.24, 2.45) is 0 Å². The second kappa shape index (κ2) is 7.18. The molecule has 1 aromatic heterocycles. The van der Waals surface area contributed by atoms with Gasteiger partial charge in [0.2, 0.25) is 0 Å². The van der Waals surface area contributed by atoms with E-state index in [1.165, 1.54) is 38.5 Å². The van der Waals surface area contributed by atoms with E-state index in [1.807, 2.05) is 4.83 Å². The Bertz CT molecular complexity index is 797. The number of carbonyl (C=O) groups is 1. The molecule has 10 heteroatoms. The van der Waals surface area contributed by atoms with Crippen LogP contribution in [0.3, 0.4) is 0 Å². The van der Waals surface area contributed by atoms with Gasteiger partial charge in [0.15, 0.2) is 0 Å². The number of hydrogen-bond acceptors (Lipinski definition) is 6. The number of benzene rings is 1. The number of hydrogen-bond donors (Lipinski definition) is 2. The minimum atomic E-state index is -3.88. The Morgan fingerprint density at radius 1 is 1.13 bits per heavy atom. The zero-order chi connectivity index (χ0) is 17.0. The first-order valence-corrected chi connectivity index (χ1v) is 8.84. The molecular formula is C13H13ClN2O5S2. The molecule has 0 bridgehead atoms. The lowest BCUT2D eigenvalue weighted by Gasteiger charge is -2.10. The van der Waals surface area contributed by atoms with Crippen LogP contribution in [0.5, 0.6) is 11.5 Å². The number of methoxy groups -OCH3 is 2. The standard InChI is InChI=1S/C13H13ClN2O5S2/c1-20-9-5-8(6-10(7-9)21-2)13(17)15-16-23(18,19)12-4-3-11(14)22-12/h3-7,16H,1-2H3,(H,15,17). The topological polar surface area (TPSA) is 93.7 Å². The summed E-state index contributed by atoms with van der Waals surface area (Å²) in [6, 6.07) is 7.29. The van der Waals surface area contributed by atoms with Gasteiger partial charge in [-0.2, -0.15) is 0 Å². The van der Waals surface area contributed by atoms with Crippen LogP contribution in [0.1, 0.15) is 10.4 Å². The highest BCUT2D eigenvalue weighted by molar-refractivity contribution is 7.91. The van der Waals surface area contributed by atoms with E-state index < -0.39 is 15.9 Å². The van der Waals surface area contributed by atoms with Crippen LogP contribution in [0.25, 0.3) is 0 Å². The van der Waals surface area contributed by atoms with E-state index in [9.17, 15) is 13.2 Å². The van der Waals surface area contributed by atoms with Crippen molar-refractivity contribution in [3.8, 4) is 11.5 Å². The molecule has 0 aliphatic carbocycles. The number of sulfonamides is 1. The Labute approximate surface area is 142 Å². The molecule has 1 amide bonds. The Morgan fingerprint density at radius 3 is 2.22 bits per heavy atom. The molecule has 2 aromatic rings. The SMILES string of the molecule is COc1cc(OC)cc(C(=O)NNS(=O)(=O)c2ccc(Cl)s2)c1.